The van der Waals surface area contributed by atoms with Crippen molar-refractivity contribution >= 4 is 95.6 Å². The minimum Gasteiger partial charge on any atom is -0.358 e. The first-order chi connectivity index (χ1) is 14.2. The Labute approximate surface area is 228 Å². The quantitative estimate of drug-likeness (QED) is 0.164. The topological polar surface area (TPSA) is 9.23 Å². The van der Waals surface area contributed by atoms with Crippen LogP contribution < -0.4 is 0 Å². The molecule has 0 heterocycles. The summed E-state index contributed by atoms with van der Waals surface area (Å²) >= 11 is 22.3. The lowest BCUT2D eigenvalue weighted by Gasteiger charge is -2.41. The predicted octanol–water partition coefficient (Wildman–Crippen LogP) is 9.08. The molecule has 0 amide bonds. The fourth-order valence-corrected chi connectivity index (χ4v) is 6.15. The lowest BCUT2D eigenvalue weighted by molar-refractivity contribution is 0.0114. The number of ether oxygens (including phenoxy) is 1. The Morgan fingerprint density at radius 2 is 0.933 bits per heavy atom. The van der Waals surface area contributed by atoms with E-state index in [1.54, 1.807) is 0 Å². The van der Waals surface area contributed by atoms with Gasteiger partial charge in [-0.2, -0.15) is 0 Å². The van der Waals surface area contributed by atoms with E-state index in [1.807, 2.05) is 54.6 Å². The molecule has 0 aliphatic heterocycles. The lowest BCUT2D eigenvalue weighted by atomic mass is 9.80. The number of halogens is 6. The summed E-state index contributed by atoms with van der Waals surface area (Å²) in [6, 6.07) is 31.0. The smallest absolute Gasteiger partial charge is 0.143 e. The maximum absolute atomic E-state index is 6.89. The number of hydrogen-bond donors (Lipinski definition) is 0. The predicted molar refractivity (Wildman–Crippen MR) is 148 cm³/mol. The number of alkyl halides is 6. The van der Waals surface area contributed by atoms with E-state index >= 15 is 0 Å². The highest BCUT2D eigenvalue weighted by molar-refractivity contribution is 9.32. The molecule has 3 aromatic rings. The second-order valence-electron chi connectivity index (χ2n) is 6.70. The van der Waals surface area contributed by atoms with Crippen LogP contribution in [-0.4, -0.2) is 16.8 Å². The van der Waals surface area contributed by atoms with Crippen LogP contribution in [0.2, 0.25) is 0 Å². The van der Waals surface area contributed by atoms with Crippen LogP contribution in [-0.2, 0) is 10.3 Å². The molecular weight excluding hydrogens is 772 g/mol. The first kappa shape index (κ1) is 25.1. The van der Waals surface area contributed by atoms with Crippen molar-refractivity contribution in [1.82, 2.24) is 0 Å². The third-order valence-electron chi connectivity index (χ3n) is 4.77. The molecule has 0 radical (unpaired) electrons. The molecule has 0 spiro atoms. The van der Waals surface area contributed by atoms with Gasteiger partial charge in [0.05, 0.1) is 10.3 Å². The first-order valence-corrected chi connectivity index (χ1v) is 14.1. The van der Waals surface area contributed by atoms with Gasteiger partial charge in [0, 0.05) is 0 Å². The highest BCUT2D eigenvalue weighted by Gasteiger charge is 2.51. The van der Waals surface area contributed by atoms with Gasteiger partial charge >= 0.3 is 0 Å². The molecule has 0 fully saturated rings. The molecule has 0 atom stereocenters. The summed E-state index contributed by atoms with van der Waals surface area (Å²) < 4.78 is 5.58. The van der Waals surface area contributed by atoms with Crippen LogP contribution in [0.15, 0.2) is 91.0 Å². The van der Waals surface area contributed by atoms with Gasteiger partial charge in [-0.25, -0.2) is 0 Å². The minimum absolute atomic E-state index is 0.0839. The molecule has 0 saturated carbocycles. The number of rotatable bonds is 8. The van der Waals surface area contributed by atoms with Crippen molar-refractivity contribution in [3.63, 3.8) is 0 Å². The summed E-state index contributed by atoms with van der Waals surface area (Å²) in [7, 11) is 0. The summed E-state index contributed by atoms with van der Waals surface area (Å²) in [6.45, 7) is 0.329. The maximum Gasteiger partial charge on any atom is 0.143 e. The zero-order valence-corrected chi connectivity index (χ0v) is 25.1. The molecule has 0 bridgehead atoms. The molecule has 0 saturated heterocycles. The molecule has 0 aromatic heterocycles. The lowest BCUT2D eigenvalue weighted by Crippen LogP contribution is -2.46. The zero-order valence-electron chi connectivity index (χ0n) is 15.6. The van der Waals surface area contributed by atoms with Crippen molar-refractivity contribution in [2.24, 2.45) is 0 Å². The van der Waals surface area contributed by atoms with Crippen LogP contribution in [0.5, 0.6) is 0 Å². The van der Waals surface area contributed by atoms with Crippen molar-refractivity contribution < 1.29 is 4.74 Å². The van der Waals surface area contributed by atoms with Gasteiger partial charge in [-0.05, 0) is 16.7 Å². The highest BCUT2D eigenvalue weighted by Crippen LogP contribution is 2.55. The first-order valence-electron chi connectivity index (χ1n) is 9.06. The Morgan fingerprint density at radius 3 is 1.23 bits per heavy atom. The Bertz CT molecular complexity index is 833. The van der Waals surface area contributed by atoms with Crippen molar-refractivity contribution in [2.45, 2.75) is 15.8 Å². The molecule has 0 aliphatic rings. The molecule has 3 aromatic carbocycles. The van der Waals surface area contributed by atoms with Crippen molar-refractivity contribution in [3.05, 3.63) is 108 Å². The monoisotopic (exact) mass is 784 g/mol. The van der Waals surface area contributed by atoms with E-state index in [4.69, 9.17) is 4.74 Å². The van der Waals surface area contributed by atoms with Crippen LogP contribution in [0.3, 0.4) is 0 Å². The van der Waals surface area contributed by atoms with E-state index in [1.165, 1.54) is 0 Å². The molecule has 1 nitrogen and oxygen atoms in total. The highest BCUT2D eigenvalue weighted by atomic mass is 79.9. The van der Waals surface area contributed by atoms with Gasteiger partial charge < -0.3 is 4.74 Å². The van der Waals surface area contributed by atoms with Gasteiger partial charge in [0.15, 0.2) is 0 Å². The van der Waals surface area contributed by atoms with Crippen molar-refractivity contribution in [3.8, 4) is 0 Å². The second-order valence-corrected chi connectivity index (χ2v) is 17.1. The van der Waals surface area contributed by atoms with Crippen LogP contribution in [0.1, 0.15) is 16.7 Å². The van der Waals surface area contributed by atoms with Gasteiger partial charge in [0.25, 0.3) is 0 Å². The zero-order chi connectivity index (χ0) is 21.8. The third-order valence-corrected chi connectivity index (χ3v) is 14.7. The van der Waals surface area contributed by atoms with E-state index < -0.39 is 12.1 Å². The van der Waals surface area contributed by atoms with E-state index in [0.717, 1.165) is 16.7 Å². The normalized spacial score (nSPS) is 12.9. The summed E-state index contributed by atoms with van der Waals surface area (Å²) in [4.78, 5) is 0. The van der Waals surface area contributed by atoms with Gasteiger partial charge in [0.2, 0.25) is 0 Å². The van der Waals surface area contributed by atoms with Gasteiger partial charge in [-0.1, -0.05) is 187 Å². The summed E-state index contributed by atoms with van der Waals surface area (Å²) in [6.07, 6.45) is 0. The summed E-state index contributed by atoms with van der Waals surface area (Å²) in [5.41, 5.74) is 2.38. The van der Waals surface area contributed by atoms with E-state index in [0.29, 0.717) is 6.61 Å². The van der Waals surface area contributed by atoms with Crippen LogP contribution >= 0.6 is 95.6 Å². The molecule has 3 rings (SSSR count). The molecule has 0 unspecified atom stereocenters. The fraction of sp³-hybridized carbons (Fsp3) is 0.217. The maximum atomic E-state index is 6.89. The average Bonchev–Trinajstić information content (AvgIpc) is 2.76. The number of benzene rings is 3. The van der Waals surface area contributed by atoms with Gasteiger partial charge in [-0.3, -0.25) is 0 Å². The van der Waals surface area contributed by atoms with Gasteiger partial charge in [0.1, 0.15) is 12.1 Å². The fourth-order valence-electron chi connectivity index (χ4n) is 3.22. The van der Waals surface area contributed by atoms with E-state index in [9.17, 15) is 0 Å². The standard InChI is InChI=1S/C23H18Br6O/c24-20(25)23(28,29)21(26,27)16-30-22(17-10-4-1-5-11-17,18-12-6-2-7-13-18)19-14-8-3-9-15-19/h1-15,20H,16H2. The largest absolute Gasteiger partial charge is 0.358 e. The Balaban J connectivity index is 2.17. The summed E-state index contributed by atoms with van der Waals surface area (Å²) in [5.74, 6) is 0. The van der Waals surface area contributed by atoms with Crippen LogP contribution in [0.25, 0.3) is 0 Å². The molecule has 30 heavy (non-hydrogen) atoms. The van der Waals surface area contributed by atoms with Crippen LogP contribution in [0, 0.1) is 0 Å². The molecule has 0 N–H and O–H groups in total. The van der Waals surface area contributed by atoms with E-state index in [-0.39, 0.29) is 3.74 Å². The third kappa shape index (κ3) is 5.18. The van der Waals surface area contributed by atoms with Gasteiger partial charge in [-0.15, -0.1) is 0 Å². The van der Waals surface area contributed by atoms with Crippen molar-refractivity contribution in [1.29, 1.82) is 0 Å². The minimum atomic E-state index is -0.791. The average molecular weight is 790 g/mol. The molecule has 158 valence electrons. The Morgan fingerprint density at radius 1 is 0.600 bits per heavy atom. The molecule has 0 aliphatic carbocycles. The molecule has 7 heteroatoms. The second kappa shape index (κ2) is 10.6. The molecular formula is C23H18Br6O. The number of hydrogen-bond acceptors (Lipinski definition) is 1. The Hall–Kier alpha value is 0.500. The SMILES string of the molecule is BrC(Br)C(Br)(Br)C(Br)(Br)COC(c1ccccc1)(c1ccccc1)c1ccccc1. The summed E-state index contributed by atoms with van der Waals surface area (Å²) in [5, 5.41) is 0. The van der Waals surface area contributed by atoms with Crippen molar-refractivity contribution in [2.75, 3.05) is 6.61 Å². The van der Waals surface area contributed by atoms with Crippen LogP contribution in [0.4, 0.5) is 0 Å². The van der Waals surface area contributed by atoms with E-state index in [2.05, 4.69) is 132 Å². The Kier molecular flexibility index (Phi) is 8.90.